The van der Waals surface area contributed by atoms with Gasteiger partial charge >= 0.3 is 6.09 Å². The van der Waals surface area contributed by atoms with E-state index in [1.807, 2.05) is 49.5 Å². The number of aryl methyl sites for hydroxylation is 1. The van der Waals surface area contributed by atoms with Crippen molar-refractivity contribution in [3.63, 3.8) is 0 Å². The van der Waals surface area contributed by atoms with Gasteiger partial charge in [-0.3, -0.25) is 10.3 Å². The molecule has 0 radical (unpaired) electrons. The van der Waals surface area contributed by atoms with E-state index in [1.54, 1.807) is 6.20 Å². The first-order valence-electron chi connectivity index (χ1n) is 10.3. The van der Waals surface area contributed by atoms with Crippen LogP contribution >= 0.6 is 0 Å². The number of ether oxygens (including phenoxy) is 1. The normalized spacial score (nSPS) is 18.0. The van der Waals surface area contributed by atoms with Crippen LogP contribution in [0.15, 0.2) is 53.2 Å². The van der Waals surface area contributed by atoms with Crippen LogP contribution in [0.1, 0.15) is 29.9 Å². The molecule has 0 atom stereocenters. The lowest BCUT2D eigenvalue weighted by Gasteiger charge is -2.43. The Morgan fingerprint density at radius 2 is 1.97 bits per heavy atom. The smallest absolute Gasteiger partial charge is 0.412 e. The predicted octanol–water partition coefficient (Wildman–Crippen LogP) is 4.14. The maximum absolute atomic E-state index is 12.1. The Morgan fingerprint density at radius 1 is 1.17 bits per heavy atom. The summed E-state index contributed by atoms with van der Waals surface area (Å²) >= 11 is 0. The number of piperidine rings is 1. The molecule has 1 N–H and O–H groups in total. The number of aromatic nitrogens is 2. The highest BCUT2D eigenvalue weighted by Gasteiger charge is 2.44. The number of fused-ring (bicyclic) bond motifs is 2. The van der Waals surface area contributed by atoms with E-state index in [0.717, 1.165) is 67.2 Å². The number of benzene rings is 1. The Morgan fingerprint density at radius 3 is 2.77 bits per heavy atom. The zero-order chi connectivity index (χ0) is 20.6. The van der Waals surface area contributed by atoms with Gasteiger partial charge in [0.25, 0.3) is 0 Å². The Hall–Kier alpha value is -3.19. The second kappa shape index (κ2) is 7.57. The Balaban J connectivity index is 1.24. The van der Waals surface area contributed by atoms with Gasteiger partial charge in [0.15, 0.2) is 0 Å². The highest BCUT2D eigenvalue weighted by molar-refractivity contribution is 5.88. The Labute approximate surface area is 175 Å². The van der Waals surface area contributed by atoms with Crippen LogP contribution in [0.5, 0.6) is 0 Å². The number of oxazole rings is 1. The van der Waals surface area contributed by atoms with Crippen molar-refractivity contribution in [3.8, 4) is 11.5 Å². The van der Waals surface area contributed by atoms with Crippen LogP contribution in [0, 0.1) is 6.92 Å². The van der Waals surface area contributed by atoms with Crippen LogP contribution in [-0.2, 0) is 16.8 Å². The third kappa shape index (κ3) is 3.45. The van der Waals surface area contributed by atoms with Crippen LogP contribution in [0.2, 0.25) is 0 Å². The van der Waals surface area contributed by atoms with Gasteiger partial charge in [0.1, 0.15) is 11.4 Å². The van der Waals surface area contributed by atoms with Gasteiger partial charge < -0.3 is 14.1 Å². The minimum atomic E-state index is -0.577. The van der Waals surface area contributed by atoms with Gasteiger partial charge in [-0.05, 0) is 25.1 Å². The summed E-state index contributed by atoms with van der Waals surface area (Å²) in [6, 6.07) is 11.8. The number of pyridine rings is 1. The van der Waals surface area contributed by atoms with Crippen LogP contribution in [0.25, 0.3) is 11.5 Å². The van der Waals surface area contributed by atoms with Crippen LogP contribution in [-0.4, -0.2) is 40.6 Å². The fourth-order valence-corrected chi connectivity index (χ4v) is 4.37. The van der Waals surface area contributed by atoms with E-state index in [2.05, 4.69) is 15.2 Å². The number of anilines is 1. The summed E-state index contributed by atoms with van der Waals surface area (Å²) in [6.45, 7) is 4.57. The first-order valence-corrected chi connectivity index (χ1v) is 10.3. The summed E-state index contributed by atoms with van der Waals surface area (Å²) < 4.78 is 11.7. The minimum absolute atomic E-state index is 0.381. The van der Waals surface area contributed by atoms with Crippen molar-refractivity contribution in [3.05, 3.63) is 65.8 Å². The van der Waals surface area contributed by atoms with Crippen molar-refractivity contribution < 1.29 is 13.9 Å². The zero-order valence-electron chi connectivity index (χ0n) is 16.9. The highest BCUT2D eigenvalue weighted by atomic mass is 16.6. The van der Waals surface area contributed by atoms with E-state index >= 15 is 0 Å². The standard InChI is InChI=1S/C23H24N4O3/c1-16-19(25-21(29-16)17-5-3-2-4-6-17)8-12-27-13-9-23(10-14-27)18-15-24-11-7-20(18)26-22(28)30-23/h2-7,11,15H,8-10,12-14H2,1H3,(H,26,28). The summed E-state index contributed by atoms with van der Waals surface area (Å²) in [4.78, 5) is 23.4. The van der Waals surface area contributed by atoms with Crippen molar-refractivity contribution in [2.75, 3.05) is 25.0 Å². The number of amides is 1. The molecule has 2 aromatic heterocycles. The van der Waals surface area contributed by atoms with E-state index in [1.165, 1.54) is 0 Å². The first-order chi connectivity index (χ1) is 14.6. The summed E-state index contributed by atoms with van der Waals surface area (Å²) in [7, 11) is 0. The number of nitrogens with zero attached hydrogens (tertiary/aromatic N) is 3. The molecule has 2 aliphatic rings. The zero-order valence-corrected chi connectivity index (χ0v) is 16.9. The molecule has 1 fully saturated rings. The quantitative estimate of drug-likeness (QED) is 0.704. The number of hydrogen-bond acceptors (Lipinski definition) is 6. The average Bonchev–Trinajstić information content (AvgIpc) is 3.14. The molecule has 7 nitrogen and oxygen atoms in total. The Kier molecular flexibility index (Phi) is 4.75. The molecule has 1 saturated heterocycles. The van der Waals surface area contributed by atoms with Crippen molar-refractivity contribution in [1.29, 1.82) is 0 Å². The summed E-state index contributed by atoms with van der Waals surface area (Å²) in [5.74, 6) is 1.54. The maximum Gasteiger partial charge on any atom is 0.412 e. The fourth-order valence-electron chi connectivity index (χ4n) is 4.37. The van der Waals surface area contributed by atoms with Crippen molar-refractivity contribution in [1.82, 2.24) is 14.9 Å². The van der Waals surface area contributed by atoms with Gasteiger partial charge in [0, 0.05) is 62.4 Å². The average molecular weight is 404 g/mol. The molecule has 3 aromatic rings. The second-order valence-electron chi connectivity index (χ2n) is 7.91. The number of likely N-dealkylation sites (tertiary alicyclic amines) is 1. The number of carbonyl (C=O) groups is 1. The minimum Gasteiger partial charge on any atom is -0.441 e. The number of hydrogen-bond donors (Lipinski definition) is 1. The van der Waals surface area contributed by atoms with Gasteiger partial charge in [-0.15, -0.1) is 0 Å². The lowest BCUT2D eigenvalue weighted by Crippen LogP contribution is -2.48. The molecule has 0 aliphatic carbocycles. The third-order valence-corrected chi connectivity index (χ3v) is 6.08. The highest BCUT2D eigenvalue weighted by Crippen LogP contribution is 2.42. The number of carbonyl (C=O) groups excluding carboxylic acids is 1. The SMILES string of the molecule is Cc1oc(-c2ccccc2)nc1CCN1CCC2(CC1)OC(=O)Nc1ccncc12. The van der Waals surface area contributed by atoms with Crippen molar-refractivity contribution in [2.24, 2.45) is 0 Å². The molecule has 5 rings (SSSR count). The molecule has 2 aliphatic heterocycles. The lowest BCUT2D eigenvalue weighted by atomic mass is 9.83. The summed E-state index contributed by atoms with van der Waals surface area (Å²) in [6.07, 6.45) is 5.47. The van der Waals surface area contributed by atoms with E-state index in [0.29, 0.717) is 5.89 Å². The van der Waals surface area contributed by atoms with Gasteiger partial charge in [-0.25, -0.2) is 9.78 Å². The molecule has 0 bridgehead atoms. The van der Waals surface area contributed by atoms with Crippen LogP contribution < -0.4 is 5.32 Å². The summed E-state index contributed by atoms with van der Waals surface area (Å²) in [5.41, 5.74) is 3.20. The predicted molar refractivity (Wildman–Crippen MR) is 112 cm³/mol. The molecule has 154 valence electrons. The third-order valence-electron chi connectivity index (χ3n) is 6.08. The van der Waals surface area contributed by atoms with Gasteiger partial charge in [0.2, 0.25) is 5.89 Å². The maximum atomic E-state index is 12.1. The number of nitrogens with one attached hydrogen (secondary N) is 1. The van der Waals surface area contributed by atoms with Crippen LogP contribution in [0.4, 0.5) is 10.5 Å². The molecule has 0 saturated carbocycles. The van der Waals surface area contributed by atoms with E-state index in [9.17, 15) is 4.79 Å². The van der Waals surface area contributed by atoms with E-state index in [4.69, 9.17) is 14.1 Å². The van der Waals surface area contributed by atoms with Crippen molar-refractivity contribution in [2.45, 2.75) is 31.8 Å². The molecule has 1 spiro atoms. The fraction of sp³-hybridized carbons (Fsp3) is 0.348. The molecule has 1 amide bonds. The van der Waals surface area contributed by atoms with Crippen LogP contribution in [0.3, 0.4) is 0 Å². The topological polar surface area (TPSA) is 80.5 Å². The van der Waals surface area contributed by atoms with Gasteiger partial charge in [-0.1, -0.05) is 18.2 Å². The molecule has 1 aromatic carbocycles. The molecule has 0 unspecified atom stereocenters. The molecule has 7 heteroatoms. The Bertz CT molecular complexity index is 1060. The van der Waals surface area contributed by atoms with Crippen molar-refractivity contribution >= 4 is 11.8 Å². The summed E-state index contributed by atoms with van der Waals surface area (Å²) in [5, 5.41) is 2.78. The molecular weight excluding hydrogens is 380 g/mol. The molecule has 30 heavy (non-hydrogen) atoms. The number of rotatable bonds is 4. The van der Waals surface area contributed by atoms with Gasteiger partial charge in [-0.2, -0.15) is 0 Å². The monoisotopic (exact) mass is 404 g/mol. The largest absolute Gasteiger partial charge is 0.441 e. The van der Waals surface area contributed by atoms with E-state index < -0.39 is 5.60 Å². The molecule has 4 heterocycles. The first kappa shape index (κ1) is 18.8. The second-order valence-corrected chi connectivity index (χ2v) is 7.91. The lowest BCUT2D eigenvalue weighted by molar-refractivity contribution is -0.0378. The van der Waals surface area contributed by atoms with Gasteiger partial charge in [0.05, 0.1) is 11.4 Å². The van der Waals surface area contributed by atoms with E-state index in [-0.39, 0.29) is 6.09 Å². The molecular formula is C23H24N4O3.